The maximum absolute atomic E-state index is 11.0. The SMILES string of the molecule is CC1(C)C(=O)N[C@@H]1C1CC1. The van der Waals surface area contributed by atoms with Gasteiger partial charge in [-0.1, -0.05) is 0 Å². The Hall–Kier alpha value is -0.530. The van der Waals surface area contributed by atoms with Crippen LogP contribution in [0.15, 0.2) is 0 Å². The van der Waals surface area contributed by atoms with Gasteiger partial charge in [0.2, 0.25) is 5.91 Å². The Balaban J connectivity index is 2.07. The molecule has 0 unspecified atom stereocenters. The number of carbonyl (C=O) groups is 1. The molecule has 0 aromatic heterocycles. The van der Waals surface area contributed by atoms with Crippen LogP contribution in [-0.4, -0.2) is 11.9 Å². The van der Waals surface area contributed by atoms with E-state index < -0.39 is 0 Å². The maximum atomic E-state index is 11.0. The second-order valence-corrected chi connectivity index (χ2v) is 4.01. The summed E-state index contributed by atoms with van der Waals surface area (Å²) in [5, 5.41) is 2.96. The van der Waals surface area contributed by atoms with Gasteiger partial charge >= 0.3 is 0 Å². The summed E-state index contributed by atoms with van der Waals surface area (Å²) in [5.41, 5.74) is -0.0683. The van der Waals surface area contributed by atoms with Crippen molar-refractivity contribution in [3.8, 4) is 0 Å². The molecule has 0 aromatic rings. The molecule has 0 bridgehead atoms. The van der Waals surface area contributed by atoms with Crippen LogP contribution in [0.2, 0.25) is 0 Å². The lowest BCUT2D eigenvalue weighted by molar-refractivity contribution is -0.143. The van der Waals surface area contributed by atoms with E-state index in [0.717, 1.165) is 5.92 Å². The van der Waals surface area contributed by atoms with Crippen molar-refractivity contribution in [2.24, 2.45) is 11.3 Å². The van der Waals surface area contributed by atoms with Gasteiger partial charge in [0.15, 0.2) is 0 Å². The molecule has 1 saturated heterocycles. The lowest BCUT2D eigenvalue weighted by Gasteiger charge is -2.44. The molecule has 1 aliphatic carbocycles. The number of nitrogens with one attached hydrogen (secondary N) is 1. The van der Waals surface area contributed by atoms with Crippen LogP contribution in [0.3, 0.4) is 0 Å². The van der Waals surface area contributed by atoms with Crippen LogP contribution < -0.4 is 5.32 Å². The summed E-state index contributed by atoms with van der Waals surface area (Å²) in [7, 11) is 0. The third kappa shape index (κ3) is 0.619. The highest BCUT2D eigenvalue weighted by atomic mass is 16.2. The molecule has 2 rings (SSSR count). The van der Waals surface area contributed by atoms with Crippen LogP contribution in [0.25, 0.3) is 0 Å². The van der Waals surface area contributed by atoms with Crippen LogP contribution >= 0.6 is 0 Å². The molecule has 10 heavy (non-hydrogen) atoms. The minimum Gasteiger partial charge on any atom is -0.351 e. The van der Waals surface area contributed by atoms with Crippen LogP contribution in [0.5, 0.6) is 0 Å². The van der Waals surface area contributed by atoms with E-state index in [2.05, 4.69) is 5.32 Å². The number of carbonyl (C=O) groups excluding carboxylic acids is 1. The number of amides is 1. The first kappa shape index (κ1) is 6.20. The summed E-state index contributed by atoms with van der Waals surface area (Å²) in [6.07, 6.45) is 2.63. The van der Waals surface area contributed by atoms with Crippen molar-refractivity contribution in [2.75, 3.05) is 0 Å². The van der Waals surface area contributed by atoms with Crippen molar-refractivity contribution < 1.29 is 4.79 Å². The van der Waals surface area contributed by atoms with Crippen molar-refractivity contribution in [3.05, 3.63) is 0 Å². The zero-order chi connectivity index (χ0) is 7.35. The van der Waals surface area contributed by atoms with E-state index >= 15 is 0 Å². The zero-order valence-electron chi connectivity index (χ0n) is 6.48. The lowest BCUT2D eigenvalue weighted by atomic mass is 9.74. The normalized spacial score (nSPS) is 36.6. The van der Waals surface area contributed by atoms with E-state index in [1.807, 2.05) is 13.8 Å². The van der Waals surface area contributed by atoms with Gasteiger partial charge in [0.05, 0.1) is 5.41 Å². The maximum Gasteiger partial charge on any atom is 0.228 e. The average molecular weight is 139 g/mol. The Kier molecular flexibility index (Phi) is 0.960. The van der Waals surface area contributed by atoms with Crippen LogP contribution in [0.4, 0.5) is 0 Å². The largest absolute Gasteiger partial charge is 0.351 e. The highest BCUT2D eigenvalue weighted by Crippen LogP contribution is 2.45. The molecule has 1 atom stereocenters. The number of rotatable bonds is 1. The lowest BCUT2D eigenvalue weighted by Crippen LogP contribution is -2.65. The van der Waals surface area contributed by atoms with E-state index in [0.29, 0.717) is 6.04 Å². The molecule has 2 heteroatoms. The Morgan fingerprint density at radius 3 is 2.40 bits per heavy atom. The Morgan fingerprint density at radius 2 is 2.10 bits per heavy atom. The molecule has 2 fully saturated rings. The van der Waals surface area contributed by atoms with E-state index in [-0.39, 0.29) is 11.3 Å². The van der Waals surface area contributed by atoms with Crippen molar-refractivity contribution in [3.63, 3.8) is 0 Å². The summed E-state index contributed by atoms with van der Waals surface area (Å²) in [6, 6.07) is 0.486. The third-order valence-electron chi connectivity index (χ3n) is 2.74. The van der Waals surface area contributed by atoms with Crippen LogP contribution in [-0.2, 0) is 4.79 Å². The summed E-state index contributed by atoms with van der Waals surface area (Å²) < 4.78 is 0. The topological polar surface area (TPSA) is 29.1 Å². The minimum absolute atomic E-state index is 0.0683. The van der Waals surface area contributed by atoms with E-state index in [1.54, 1.807) is 0 Å². The smallest absolute Gasteiger partial charge is 0.228 e. The quantitative estimate of drug-likeness (QED) is 0.538. The molecule has 1 N–H and O–H groups in total. The van der Waals surface area contributed by atoms with Gasteiger partial charge in [0.1, 0.15) is 0 Å². The molecule has 2 nitrogen and oxygen atoms in total. The molecule has 1 amide bonds. The van der Waals surface area contributed by atoms with Crippen molar-refractivity contribution in [1.82, 2.24) is 5.32 Å². The highest BCUT2D eigenvalue weighted by molar-refractivity contribution is 5.89. The Morgan fingerprint density at radius 1 is 1.50 bits per heavy atom. The molecule has 0 radical (unpaired) electrons. The zero-order valence-corrected chi connectivity index (χ0v) is 6.48. The average Bonchev–Trinajstić information content (AvgIpc) is 2.64. The molecule has 1 heterocycles. The first-order chi connectivity index (χ1) is 4.62. The van der Waals surface area contributed by atoms with Gasteiger partial charge < -0.3 is 5.32 Å². The van der Waals surface area contributed by atoms with Crippen LogP contribution in [0.1, 0.15) is 26.7 Å². The predicted molar refractivity (Wildman–Crippen MR) is 38.4 cm³/mol. The Bertz CT molecular complexity index is 182. The number of β-lactam (4-membered cyclic amide) rings is 1. The molecule has 0 spiro atoms. The monoisotopic (exact) mass is 139 g/mol. The summed E-state index contributed by atoms with van der Waals surface area (Å²) in [5.74, 6) is 1.03. The van der Waals surface area contributed by atoms with Gasteiger partial charge in [-0.25, -0.2) is 0 Å². The summed E-state index contributed by atoms with van der Waals surface area (Å²) in [4.78, 5) is 11.0. The molecule has 56 valence electrons. The Labute approximate surface area is 61.0 Å². The predicted octanol–water partition coefficient (Wildman–Crippen LogP) is 0.921. The molecular formula is C8H13NO. The summed E-state index contributed by atoms with van der Waals surface area (Å²) in [6.45, 7) is 4.07. The van der Waals surface area contributed by atoms with Crippen molar-refractivity contribution >= 4 is 5.91 Å². The minimum atomic E-state index is -0.0683. The van der Waals surface area contributed by atoms with E-state index in [9.17, 15) is 4.79 Å². The van der Waals surface area contributed by atoms with Gasteiger partial charge in [0, 0.05) is 6.04 Å². The van der Waals surface area contributed by atoms with E-state index in [1.165, 1.54) is 12.8 Å². The van der Waals surface area contributed by atoms with Crippen molar-refractivity contribution in [1.29, 1.82) is 0 Å². The summed E-state index contributed by atoms with van der Waals surface area (Å²) >= 11 is 0. The fourth-order valence-electron chi connectivity index (χ4n) is 1.71. The van der Waals surface area contributed by atoms with Crippen LogP contribution in [0, 0.1) is 11.3 Å². The number of hydrogen-bond donors (Lipinski definition) is 1. The molecular weight excluding hydrogens is 126 g/mol. The van der Waals surface area contributed by atoms with Gasteiger partial charge in [0.25, 0.3) is 0 Å². The van der Waals surface area contributed by atoms with Crippen molar-refractivity contribution in [2.45, 2.75) is 32.7 Å². The third-order valence-corrected chi connectivity index (χ3v) is 2.74. The van der Waals surface area contributed by atoms with Gasteiger partial charge in [-0.3, -0.25) is 4.79 Å². The first-order valence-electron chi connectivity index (χ1n) is 3.93. The van der Waals surface area contributed by atoms with Gasteiger partial charge in [-0.15, -0.1) is 0 Å². The second-order valence-electron chi connectivity index (χ2n) is 4.01. The fraction of sp³-hybridized carbons (Fsp3) is 0.875. The highest BCUT2D eigenvalue weighted by Gasteiger charge is 2.53. The number of hydrogen-bond acceptors (Lipinski definition) is 1. The molecule has 1 aliphatic heterocycles. The first-order valence-corrected chi connectivity index (χ1v) is 3.93. The molecule has 1 saturated carbocycles. The molecule has 0 aromatic carbocycles. The van der Waals surface area contributed by atoms with Gasteiger partial charge in [-0.2, -0.15) is 0 Å². The second kappa shape index (κ2) is 1.55. The fourth-order valence-corrected chi connectivity index (χ4v) is 1.71. The van der Waals surface area contributed by atoms with E-state index in [4.69, 9.17) is 0 Å². The van der Waals surface area contributed by atoms with Gasteiger partial charge in [-0.05, 0) is 32.6 Å². The standard InChI is InChI=1S/C8H13NO/c1-8(2)6(5-3-4-5)9-7(8)10/h5-6H,3-4H2,1-2H3,(H,9,10)/t6-/m1/s1. The molecule has 2 aliphatic rings.